The van der Waals surface area contributed by atoms with Crippen LogP contribution in [0.1, 0.15) is 39.0 Å². The molecule has 2 saturated heterocycles. The van der Waals surface area contributed by atoms with Crippen LogP contribution in [-0.2, 0) is 4.43 Å². The van der Waals surface area contributed by atoms with E-state index in [9.17, 15) is 5.11 Å². The fourth-order valence-corrected chi connectivity index (χ4v) is 7.51. The minimum Gasteiger partial charge on any atom is -0.414 e. The van der Waals surface area contributed by atoms with E-state index in [0.717, 1.165) is 31.7 Å². The Balaban J connectivity index is 2.44. The lowest BCUT2D eigenvalue weighted by Crippen LogP contribution is -2.59. The largest absolute Gasteiger partial charge is 0.414 e. The Morgan fingerprint density at radius 3 is 2.60 bits per heavy atom. The second kappa shape index (κ2) is 5.43. The van der Waals surface area contributed by atoms with Gasteiger partial charge < -0.3 is 9.53 Å². The third-order valence-corrected chi connectivity index (χ3v) is 8.07. The van der Waals surface area contributed by atoms with Gasteiger partial charge in [-0.2, -0.15) is 0 Å². The van der Waals surface area contributed by atoms with Gasteiger partial charge in [-0.15, -0.1) is 13.2 Å². The third kappa shape index (κ3) is 2.44. The molecule has 0 radical (unpaired) electrons. The molecule has 0 unspecified atom stereocenters. The molecule has 0 spiro atoms. The number of hydrogen-bond donors (Lipinski definition) is 1. The van der Waals surface area contributed by atoms with Gasteiger partial charge >= 0.3 is 0 Å². The van der Waals surface area contributed by atoms with Crippen molar-refractivity contribution in [3.8, 4) is 0 Å². The molecule has 3 heteroatoms. The van der Waals surface area contributed by atoms with Crippen molar-refractivity contribution in [1.29, 1.82) is 0 Å². The standard InChI is InChI=1S/C17H30O2Si/c1-6-8-12-16(3)15-10-9-14(13-20(4,5)19-15)17(16,18)11-7-2/h6-7,14-15,18H,1-2,8-13H2,3-5H3/t14-,15-,16-,17+/m1/s1. The lowest BCUT2D eigenvalue weighted by atomic mass is 9.55. The van der Waals surface area contributed by atoms with E-state index in [0.29, 0.717) is 12.3 Å². The van der Waals surface area contributed by atoms with Gasteiger partial charge in [0.2, 0.25) is 0 Å². The van der Waals surface area contributed by atoms with E-state index in [4.69, 9.17) is 4.43 Å². The summed E-state index contributed by atoms with van der Waals surface area (Å²) in [7, 11) is -1.67. The predicted octanol–water partition coefficient (Wildman–Crippen LogP) is 4.28. The lowest BCUT2D eigenvalue weighted by molar-refractivity contribution is -0.177. The summed E-state index contributed by atoms with van der Waals surface area (Å²) in [4.78, 5) is 0. The SMILES string of the molecule is C=CCC[C@]1(C)[C@H]2CC[C@H](C[Si](C)(C)O2)[C@@]1(O)CC=C. The van der Waals surface area contributed by atoms with Crippen LogP contribution in [0.2, 0.25) is 19.1 Å². The first-order chi connectivity index (χ1) is 9.29. The van der Waals surface area contributed by atoms with E-state index >= 15 is 0 Å². The summed E-state index contributed by atoms with van der Waals surface area (Å²) in [5.41, 5.74) is -0.847. The Hall–Kier alpha value is -0.383. The summed E-state index contributed by atoms with van der Waals surface area (Å²) in [5.74, 6) is 0.357. The quantitative estimate of drug-likeness (QED) is 0.606. The maximum absolute atomic E-state index is 11.6. The molecule has 1 aliphatic carbocycles. The average Bonchev–Trinajstić information content (AvgIpc) is 2.56. The topological polar surface area (TPSA) is 29.5 Å². The first kappa shape index (κ1) is 16.0. The molecule has 0 aromatic carbocycles. The number of hydrogen-bond acceptors (Lipinski definition) is 2. The van der Waals surface area contributed by atoms with Crippen molar-refractivity contribution < 1.29 is 9.53 Å². The fraction of sp³-hybridized carbons (Fsp3) is 0.765. The highest BCUT2D eigenvalue weighted by Gasteiger charge is 2.61. The Bertz CT molecular complexity index is 392. The van der Waals surface area contributed by atoms with Gasteiger partial charge in [0.15, 0.2) is 8.32 Å². The number of rotatable bonds is 5. The van der Waals surface area contributed by atoms with Crippen molar-refractivity contribution in [2.45, 2.75) is 69.9 Å². The highest BCUT2D eigenvalue weighted by atomic mass is 28.4. The molecule has 1 saturated carbocycles. The summed E-state index contributed by atoms with van der Waals surface area (Å²) in [6, 6.07) is 1.07. The van der Waals surface area contributed by atoms with Gasteiger partial charge in [-0.05, 0) is 57.2 Å². The Labute approximate surface area is 125 Å². The van der Waals surface area contributed by atoms with Gasteiger partial charge in [0.1, 0.15) is 0 Å². The molecule has 4 atom stereocenters. The molecule has 0 aromatic heterocycles. The predicted molar refractivity (Wildman–Crippen MR) is 87.2 cm³/mol. The zero-order valence-electron chi connectivity index (χ0n) is 13.3. The normalized spacial score (nSPS) is 43.0. The highest BCUT2D eigenvalue weighted by Crippen LogP contribution is 2.58. The van der Waals surface area contributed by atoms with Crippen LogP contribution in [0.5, 0.6) is 0 Å². The van der Waals surface area contributed by atoms with Crippen molar-refractivity contribution >= 4 is 8.32 Å². The molecule has 3 fully saturated rings. The zero-order valence-corrected chi connectivity index (χ0v) is 14.3. The van der Waals surface area contributed by atoms with Crippen molar-refractivity contribution in [3.63, 3.8) is 0 Å². The maximum atomic E-state index is 11.6. The van der Waals surface area contributed by atoms with Gasteiger partial charge in [0.25, 0.3) is 0 Å². The zero-order chi connectivity index (χ0) is 15.0. The van der Waals surface area contributed by atoms with Crippen LogP contribution in [0.3, 0.4) is 0 Å². The van der Waals surface area contributed by atoms with Gasteiger partial charge in [0, 0.05) is 5.41 Å². The second-order valence-corrected chi connectivity index (χ2v) is 11.7. The van der Waals surface area contributed by atoms with Crippen LogP contribution in [-0.4, -0.2) is 25.1 Å². The first-order valence-corrected chi connectivity index (χ1v) is 11.0. The third-order valence-electron chi connectivity index (χ3n) is 5.67. The molecule has 3 rings (SSSR count). The molecule has 2 heterocycles. The van der Waals surface area contributed by atoms with Crippen LogP contribution in [0, 0.1) is 11.3 Å². The highest BCUT2D eigenvalue weighted by molar-refractivity contribution is 6.71. The van der Waals surface area contributed by atoms with Crippen molar-refractivity contribution in [2.75, 3.05) is 0 Å². The molecular formula is C17H30O2Si. The number of aliphatic hydroxyl groups is 1. The minimum atomic E-state index is -1.67. The number of fused-ring (bicyclic) bond motifs is 4. The summed E-state index contributed by atoms with van der Waals surface area (Å²) in [6.45, 7) is 14.6. The molecule has 20 heavy (non-hydrogen) atoms. The monoisotopic (exact) mass is 294 g/mol. The van der Waals surface area contributed by atoms with Crippen LogP contribution < -0.4 is 0 Å². The molecule has 3 aliphatic rings. The Kier molecular flexibility index (Phi) is 4.34. The van der Waals surface area contributed by atoms with E-state index in [1.165, 1.54) is 0 Å². The summed E-state index contributed by atoms with van der Waals surface area (Å²) in [6.07, 6.45) is 8.78. The van der Waals surface area contributed by atoms with E-state index < -0.39 is 13.9 Å². The van der Waals surface area contributed by atoms with Crippen molar-refractivity contribution in [1.82, 2.24) is 0 Å². The van der Waals surface area contributed by atoms with Crippen LogP contribution >= 0.6 is 0 Å². The summed E-state index contributed by atoms with van der Waals surface area (Å²) >= 11 is 0. The lowest BCUT2D eigenvalue weighted by Gasteiger charge is -2.55. The van der Waals surface area contributed by atoms with Crippen LogP contribution in [0.4, 0.5) is 0 Å². The Morgan fingerprint density at radius 1 is 1.30 bits per heavy atom. The average molecular weight is 295 g/mol. The number of allylic oxidation sites excluding steroid dienone is 1. The van der Waals surface area contributed by atoms with Crippen LogP contribution in [0.25, 0.3) is 0 Å². The molecular weight excluding hydrogens is 264 g/mol. The second-order valence-electron chi connectivity index (χ2n) is 7.51. The summed E-state index contributed by atoms with van der Waals surface area (Å²) < 4.78 is 6.55. The summed E-state index contributed by atoms with van der Waals surface area (Å²) in [5, 5.41) is 11.6. The smallest absolute Gasteiger partial charge is 0.187 e. The maximum Gasteiger partial charge on any atom is 0.187 e. The molecule has 2 nitrogen and oxygen atoms in total. The van der Waals surface area contributed by atoms with Gasteiger partial charge in [-0.25, -0.2) is 0 Å². The van der Waals surface area contributed by atoms with Gasteiger partial charge in [0.05, 0.1) is 11.7 Å². The van der Waals surface area contributed by atoms with Gasteiger partial charge in [-0.3, -0.25) is 0 Å². The van der Waals surface area contributed by atoms with Gasteiger partial charge in [-0.1, -0.05) is 19.1 Å². The molecule has 2 bridgehead atoms. The van der Waals surface area contributed by atoms with E-state index in [1.54, 1.807) is 0 Å². The van der Waals surface area contributed by atoms with Crippen LogP contribution in [0.15, 0.2) is 25.3 Å². The van der Waals surface area contributed by atoms with E-state index in [2.05, 4.69) is 33.2 Å². The Morgan fingerprint density at radius 2 is 2.00 bits per heavy atom. The van der Waals surface area contributed by atoms with Crippen molar-refractivity contribution in [3.05, 3.63) is 25.3 Å². The first-order valence-electron chi connectivity index (χ1n) is 7.91. The molecule has 2 aliphatic heterocycles. The molecule has 0 aromatic rings. The van der Waals surface area contributed by atoms with E-state index in [-0.39, 0.29) is 11.5 Å². The minimum absolute atomic E-state index is 0.181. The molecule has 0 amide bonds. The fourth-order valence-electron chi connectivity index (χ4n) is 4.54. The van der Waals surface area contributed by atoms with Crippen molar-refractivity contribution in [2.24, 2.45) is 11.3 Å². The van der Waals surface area contributed by atoms with E-state index in [1.807, 2.05) is 12.2 Å². The molecule has 1 N–H and O–H groups in total. The molecule has 114 valence electrons.